The maximum atomic E-state index is 13.7. The lowest BCUT2D eigenvalue weighted by molar-refractivity contribution is -0.141. The average molecular weight is 549 g/mol. The Balaban J connectivity index is 1.59. The van der Waals surface area contributed by atoms with Gasteiger partial charge in [0.1, 0.15) is 17.4 Å². The van der Waals surface area contributed by atoms with Gasteiger partial charge in [0, 0.05) is 27.8 Å². The summed E-state index contributed by atoms with van der Waals surface area (Å²) in [5, 5.41) is 14.7. The lowest BCUT2D eigenvalue weighted by Crippen LogP contribution is -2.42. The van der Waals surface area contributed by atoms with E-state index >= 15 is 0 Å². The number of aromatic nitrogens is 2. The average Bonchev–Trinajstić information content (AvgIpc) is 3.65. The molecule has 0 saturated heterocycles. The van der Waals surface area contributed by atoms with Crippen molar-refractivity contribution < 1.29 is 14.0 Å². The molecule has 1 aliphatic heterocycles. The number of thioether (sulfide) groups is 1. The minimum absolute atomic E-state index is 0.0617. The first-order valence-electron chi connectivity index (χ1n) is 13.1. The smallest absolute Gasteiger partial charge is 0.272 e. The molecule has 0 bridgehead atoms. The molecule has 2 aromatic carbocycles. The number of imide groups is 1. The van der Waals surface area contributed by atoms with Crippen molar-refractivity contribution in [1.82, 2.24) is 14.7 Å². The normalized spacial score (nSPS) is 14.7. The Labute approximate surface area is 237 Å². The molecule has 40 heavy (non-hydrogen) atoms. The minimum Gasteiger partial charge on any atom is -0.467 e. The second kappa shape index (κ2) is 12.1. The van der Waals surface area contributed by atoms with E-state index in [2.05, 4.69) is 19.1 Å². The Morgan fingerprint density at radius 1 is 1.02 bits per heavy atom. The Hall–Kier alpha value is -4.61. The van der Waals surface area contributed by atoms with E-state index in [-0.39, 0.29) is 17.7 Å². The summed E-state index contributed by atoms with van der Waals surface area (Å²) in [6.07, 6.45) is 7.39. The maximum absolute atomic E-state index is 13.7. The SMILES string of the molecule is CCCCSc1ccc(-c2nn(-c3ccccc3)cc2/C=C2/C(=O)N(Cc3ccco3)C(=O)C(C#N)=C2C)cc1. The molecule has 5 rings (SSSR count). The molecular weight excluding hydrogens is 520 g/mol. The Kier molecular flexibility index (Phi) is 8.13. The molecule has 2 aromatic heterocycles. The van der Waals surface area contributed by atoms with Crippen molar-refractivity contribution in [2.45, 2.75) is 38.1 Å². The van der Waals surface area contributed by atoms with Crippen molar-refractivity contribution in [2.24, 2.45) is 0 Å². The summed E-state index contributed by atoms with van der Waals surface area (Å²) in [5.41, 5.74) is 3.70. The highest BCUT2D eigenvalue weighted by Crippen LogP contribution is 2.32. The van der Waals surface area contributed by atoms with Crippen LogP contribution in [-0.4, -0.2) is 32.2 Å². The third kappa shape index (κ3) is 5.56. The number of hydrogen-bond acceptors (Lipinski definition) is 6. The molecule has 4 aromatic rings. The molecular formula is C32H28N4O3S. The lowest BCUT2D eigenvalue weighted by atomic mass is 9.93. The van der Waals surface area contributed by atoms with Gasteiger partial charge in [-0.25, -0.2) is 4.68 Å². The molecule has 0 N–H and O–H groups in total. The molecule has 0 radical (unpaired) electrons. The Morgan fingerprint density at radius 3 is 2.48 bits per heavy atom. The van der Waals surface area contributed by atoms with Gasteiger partial charge in [0.05, 0.1) is 24.2 Å². The molecule has 2 amide bonds. The molecule has 8 heteroatoms. The molecule has 3 heterocycles. The zero-order chi connectivity index (χ0) is 28.1. The van der Waals surface area contributed by atoms with Crippen LogP contribution in [0.5, 0.6) is 0 Å². The van der Waals surface area contributed by atoms with Gasteiger partial charge in [-0.2, -0.15) is 10.4 Å². The second-order valence-electron chi connectivity index (χ2n) is 9.39. The minimum atomic E-state index is -0.630. The summed E-state index contributed by atoms with van der Waals surface area (Å²) >= 11 is 1.82. The van der Waals surface area contributed by atoms with E-state index in [0.29, 0.717) is 22.6 Å². The van der Waals surface area contributed by atoms with Crippen LogP contribution in [0.3, 0.4) is 0 Å². The third-order valence-corrected chi connectivity index (χ3v) is 7.78. The first-order chi connectivity index (χ1) is 19.5. The highest BCUT2D eigenvalue weighted by atomic mass is 32.2. The van der Waals surface area contributed by atoms with E-state index in [1.807, 2.05) is 66.5 Å². The number of benzene rings is 2. The predicted octanol–water partition coefficient (Wildman–Crippen LogP) is 6.82. The van der Waals surface area contributed by atoms with E-state index in [0.717, 1.165) is 34.7 Å². The number of para-hydroxylation sites is 1. The van der Waals surface area contributed by atoms with E-state index in [9.17, 15) is 14.9 Å². The van der Waals surface area contributed by atoms with Crippen LogP contribution in [0.2, 0.25) is 0 Å². The quantitative estimate of drug-likeness (QED) is 0.0987. The fourth-order valence-corrected chi connectivity index (χ4v) is 5.46. The molecule has 7 nitrogen and oxygen atoms in total. The lowest BCUT2D eigenvalue weighted by Gasteiger charge is -2.26. The van der Waals surface area contributed by atoms with Gasteiger partial charge < -0.3 is 4.42 Å². The molecule has 0 aliphatic carbocycles. The largest absolute Gasteiger partial charge is 0.467 e. The molecule has 0 saturated carbocycles. The number of unbranched alkanes of at least 4 members (excludes halogenated alkanes) is 1. The number of nitrogens with zero attached hydrogens (tertiary/aromatic N) is 4. The monoisotopic (exact) mass is 548 g/mol. The van der Waals surface area contributed by atoms with Crippen molar-refractivity contribution in [3.8, 4) is 23.0 Å². The van der Waals surface area contributed by atoms with Crippen LogP contribution in [0.4, 0.5) is 0 Å². The maximum Gasteiger partial charge on any atom is 0.272 e. The highest BCUT2D eigenvalue weighted by Gasteiger charge is 2.36. The van der Waals surface area contributed by atoms with Crippen LogP contribution in [0.1, 0.15) is 38.0 Å². The van der Waals surface area contributed by atoms with Crippen molar-refractivity contribution in [3.63, 3.8) is 0 Å². The molecule has 0 fully saturated rings. The van der Waals surface area contributed by atoms with Crippen LogP contribution in [0, 0.1) is 11.3 Å². The zero-order valence-electron chi connectivity index (χ0n) is 22.3. The number of carbonyl (C=O) groups is 2. The van der Waals surface area contributed by atoms with Crippen molar-refractivity contribution in [1.29, 1.82) is 5.26 Å². The van der Waals surface area contributed by atoms with E-state index < -0.39 is 11.8 Å². The van der Waals surface area contributed by atoms with Crippen LogP contribution in [0.15, 0.2) is 105 Å². The molecule has 200 valence electrons. The number of amides is 2. The fraction of sp³-hybridized carbons (Fsp3) is 0.188. The Morgan fingerprint density at radius 2 is 1.80 bits per heavy atom. The Bertz CT molecular complexity index is 1630. The number of carbonyl (C=O) groups excluding carboxylic acids is 2. The van der Waals surface area contributed by atoms with Gasteiger partial charge in [0.2, 0.25) is 0 Å². The van der Waals surface area contributed by atoms with Crippen LogP contribution >= 0.6 is 11.8 Å². The van der Waals surface area contributed by atoms with Crippen molar-refractivity contribution >= 4 is 29.7 Å². The van der Waals surface area contributed by atoms with Crippen molar-refractivity contribution in [2.75, 3.05) is 5.75 Å². The summed E-state index contributed by atoms with van der Waals surface area (Å²) in [6.45, 7) is 3.75. The standard InChI is InChI=1S/C32H28N4O3S/c1-3-4-17-40-27-14-12-23(13-15-27)30-24(20-36(34-30)25-9-6-5-7-10-25)18-28-22(2)29(19-33)32(38)35(31(28)37)21-26-11-8-16-39-26/h5-16,18,20H,3-4,17,21H2,1-2H3/b28-18+. The number of rotatable bonds is 9. The van der Waals surface area contributed by atoms with Crippen molar-refractivity contribution in [3.05, 3.63) is 107 Å². The number of hydrogen-bond donors (Lipinski definition) is 0. The molecule has 1 aliphatic rings. The summed E-state index contributed by atoms with van der Waals surface area (Å²) in [6, 6.07) is 23.3. The molecule has 0 spiro atoms. The first-order valence-corrected chi connectivity index (χ1v) is 14.1. The second-order valence-corrected chi connectivity index (χ2v) is 10.6. The zero-order valence-corrected chi connectivity index (χ0v) is 23.1. The van der Waals surface area contributed by atoms with Gasteiger partial charge in [-0.05, 0) is 67.1 Å². The van der Waals surface area contributed by atoms with Gasteiger partial charge in [0.25, 0.3) is 11.8 Å². The van der Waals surface area contributed by atoms with Gasteiger partial charge in [-0.15, -0.1) is 11.8 Å². The van der Waals surface area contributed by atoms with Crippen LogP contribution in [0.25, 0.3) is 23.0 Å². The van der Waals surface area contributed by atoms with Crippen LogP contribution in [-0.2, 0) is 16.1 Å². The number of furan rings is 1. The topological polar surface area (TPSA) is 92.1 Å². The summed E-state index contributed by atoms with van der Waals surface area (Å²) in [7, 11) is 0. The highest BCUT2D eigenvalue weighted by molar-refractivity contribution is 7.99. The fourth-order valence-electron chi connectivity index (χ4n) is 4.46. The third-order valence-electron chi connectivity index (χ3n) is 6.68. The number of nitriles is 1. The predicted molar refractivity (Wildman–Crippen MR) is 155 cm³/mol. The van der Waals surface area contributed by atoms with E-state index in [1.165, 1.54) is 11.2 Å². The molecule has 0 atom stereocenters. The van der Waals surface area contributed by atoms with E-state index in [1.54, 1.807) is 29.8 Å². The van der Waals surface area contributed by atoms with Gasteiger partial charge >= 0.3 is 0 Å². The first kappa shape index (κ1) is 27.0. The summed E-state index contributed by atoms with van der Waals surface area (Å²) in [4.78, 5) is 28.9. The van der Waals surface area contributed by atoms with Gasteiger partial charge in [-0.1, -0.05) is 43.7 Å². The summed E-state index contributed by atoms with van der Waals surface area (Å²) in [5.74, 6) is 0.402. The van der Waals surface area contributed by atoms with Gasteiger partial charge in [-0.3, -0.25) is 14.5 Å². The summed E-state index contributed by atoms with van der Waals surface area (Å²) < 4.78 is 7.15. The van der Waals surface area contributed by atoms with Crippen LogP contribution < -0.4 is 0 Å². The molecule has 0 unspecified atom stereocenters. The van der Waals surface area contributed by atoms with E-state index in [4.69, 9.17) is 9.52 Å². The van der Waals surface area contributed by atoms with Gasteiger partial charge in [0.15, 0.2) is 0 Å².